The Morgan fingerprint density at radius 2 is 1.77 bits per heavy atom. The summed E-state index contributed by atoms with van der Waals surface area (Å²) in [5.74, 6) is 0. The molecule has 2 N–H and O–H groups in total. The number of rotatable bonds is 3. The third-order valence-corrected chi connectivity index (χ3v) is 4.59. The van der Waals surface area contributed by atoms with Crippen LogP contribution in [0.5, 0.6) is 0 Å². The van der Waals surface area contributed by atoms with Gasteiger partial charge < -0.3 is 10.6 Å². The van der Waals surface area contributed by atoms with Crippen LogP contribution in [0.15, 0.2) is 42.5 Å². The Hall–Kier alpha value is -1.71. The van der Waals surface area contributed by atoms with Gasteiger partial charge in [0.2, 0.25) is 0 Å². The quantitative estimate of drug-likeness (QED) is 0.804. The fourth-order valence-corrected chi connectivity index (χ4v) is 2.74. The molecule has 3 rings (SSSR count). The van der Waals surface area contributed by atoms with E-state index in [4.69, 9.17) is 23.2 Å². The van der Waals surface area contributed by atoms with Crippen molar-refractivity contribution in [1.82, 2.24) is 5.32 Å². The molecule has 0 aliphatic heterocycles. The molecule has 0 radical (unpaired) electrons. The van der Waals surface area contributed by atoms with E-state index in [0.29, 0.717) is 15.7 Å². The van der Waals surface area contributed by atoms with E-state index in [9.17, 15) is 4.79 Å². The standard InChI is InChI=1S/C17H16Cl2N2O/c1-11-2-7-14(10-15(11)19)20-16(22)21-17(8-9-17)12-3-5-13(18)6-4-12/h2-7,10H,8-9H2,1H3,(H2,20,21,22). The summed E-state index contributed by atoms with van der Waals surface area (Å²) in [4.78, 5) is 12.2. The average molecular weight is 335 g/mol. The van der Waals surface area contributed by atoms with E-state index in [-0.39, 0.29) is 11.6 Å². The molecule has 1 fully saturated rings. The molecule has 0 saturated heterocycles. The molecule has 0 atom stereocenters. The molecule has 114 valence electrons. The zero-order valence-corrected chi connectivity index (χ0v) is 13.6. The number of carbonyl (C=O) groups is 1. The molecule has 3 nitrogen and oxygen atoms in total. The molecule has 2 amide bonds. The van der Waals surface area contributed by atoms with Crippen molar-refractivity contribution >= 4 is 34.9 Å². The Kier molecular flexibility index (Phi) is 4.02. The van der Waals surface area contributed by atoms with Gasteiger partial charge in [-0.3, -0.25) is 0 Å². The Bertz CT molecular complexity index is 709. The molecule has 0 bridgehead atoms. The lowest BCUT2D eigenvalue weighted by molar-refractivity contribution is 0.247. The first kappa shape index (κ1) is 15.2. The number of anilines is 1. The topological polar surface area (TPSA) is 41.1 Å². The van der Waals surface area contributed by atoms with Gasteiger partial charge in [-0.05, 0) is 55.2 Å². The largest absolute Gasteiger partial charge is 0.328 e. The van der Waals surface area contributed by atoms with Crippen LogP contribution in [0.3, 0.4) is 0 Å². The van der Waals surface area contributed by atoms with E-state index in [0.717, 1.165) is 24.0 Å². The zero-order valence-electron chi connectivity index (χ0n) is 12.1. The maximum Gasteiger partial charge on any atom is 0.319 e. The third-order valence-electron chi connectivity index (χ3n) is 3.93. The van der Waals surface area contributed by atoms with Crippen LogP contribution in [0.2, 0.25) is 10.0 Å². The Labute approximate surface area is 139 Å². The highest BCUT2D eigenvalue weighted by molar-refractivity contribution is 6.31. The fraction of sp³-hybridized carbons (Fsp3) is 0.235. The van der Waals surface area contributed by atoms with Crippen molar-refractivity contribution in [2.45, 2.75) is 25.3 Å². The van der Waals surface area contributed by atoms with Crippen LogP contribution in [0.25, 0.3) is 0 Å². The first-order valence-electron chi connectivity index (χ1n) is 7.10. The smallest absolute Gasteiger partial charge is 0.319 e. The summed E-state index contributed by atoms with van der Waals surface area (Å²) < 4.78 is 0. The lowest BCUT2D eigenvalue weighted by atomic mass is 10.1. The van der Waals surface area contributed by atoms with Crippen LogP contribution in [-0.4, -0.2) is 6.03 Å². The van der Waals surface area contributed by atoms with Crippen LogP contribution in [0.4, 0.5) is 10.5 Å². The van der Waals surface area contributed by atoms with Crippen molar-refractivity contribution < 1.29 is 4.79 Å². The molecule has 1 aliphatic carbocycles. The minimum absolute atomic E-state index is 0.229. The predicted molar refractivity (Wildman–Crippen MR) is 90.7 cm³/mol. The second-order valence-electron chi connectivity index (χ2n) is 5.63. The van der Waals surface area contributed by atoms with Gasteiger partial charge in [0.05, 0.1) is 5.54 Å². The summed E-state index contributed by atoms with van der Waals surface area (Å²) in [5.41, 5.74) is 2.46. The summed E-state index contributed by atoms with van der Waals surface area (Å²) in [5, 5.41) is 7.20. The third kappa shape index (κ3) is 3.21. The second kappa shape index (κ2) is 5.82. The summed E-state index contributed by atoms with van der Waals surface area (Å²) in [7, 11) is 0. The number of halogens is 2. The second-order valence-corrected chi connectivity index (χ2v) is 6.48. The molecule has 22 heavy (non-hydrogen) atoms. The zero-order chi connectivity index (χ0) is 15.7. The molecule has 0 heterocycles. The Morgan fingerprint density at radius 3 is 2.36 bits per heavy atom. The predicted octanol–water partition coefficient (Wildman–Crippen LogP) is 5.11. The lowest BCUT2D eigenvalue weighted by Crippen LogP contribution is -2.38. The molecular weight excluding hydrogens is 319 g/mol. The van der Waals surface area contributed by atoms with Crippen molar-refractivity contribution in [3.63, 3.8) is 0 Å². The molecule has 0 spiro atoms. The van der Waals surface area contributed by atoms with Crippen LogP contribution < -0.4 is 10.6 Å². The molecule has 5 heteroatoms. The average Bonchev–Trinajstić information content (AvgIpc) is 3.24. The number of benzene rings is 2. The van der Waals surface area contributed by atoms with E-state index in [1.807, 2.05) is 43.3 Å². The van der Waals surface area contributed by atoms with Gasteiger partial charge in [-0.1, -0.05) is 41.4 Å². The fourth-order valence-electron chi connectivity index (χ4n) is 2.43. The SMILES string of the molecule is Cc1ccc(NC(=O)NC2(c3ccc(Cl)cc3)CC2)cc1Cl. The van der Waals surface area contributed by atoms with Gasteiger partial charge in [-0.15, -0.1) is 0 Å². The molecule has 2 aromatic carbocycles. The van der Waals surface area contributed by atoms with E-state index < -0.39 is 0 Å². The Morgan fingerprint density at radius 1 is 1.09 bits per heavy atom. The van der Waals surface area contributed by atoms with Gasteiger partial charge in [0, 0.05) is 15.7 Å². The van der Waals surface area contributed by atoms with Crippen molar-refractivity contribution in [2.24, 2.45) is 0 Å². The van der Waals surface area contributed by atoms with Crippen molar-refractivity contribution in [3.8, 4) is 0 Å². The summed E-state index contributed by atoms with van der Waals surface area (Å²) >= 11 is 12.0. The van der Waals surface area contributed by atoms with Crippen molar-refractivity contribution in [2.75, 3.05) is 5.32 Å². The highest BCUT2D eigenvalue weighted by Crippen LogP contribution is 2.45. The number of aryl methyl sites for hydroxylation is 1. The van der Waals surface area contributed by atoms with E-state index in [1.165, 1.54) is 0 Å². The van der Waals surface area contributed by atoms with E-state index >= 15 is 0 Å². The maximum absolute atomic E-state index is 12.2. The van der Waals surface area contributed by atoms with Crippen molar-refractivity contribution in [1.29, 1.82) is 0 Å². The van der Waals surface area contributed by atoms with E-state index in [1.54, 1.807) is 6.07 Å². The van der Waals surface area contributed by atoms with Crippen LogP contribution >= 0.6 is 23.2 Å². The summed E-state index contributed by atoms with van der Waals surface area (Å²) in [6.07, 6.45) is 1.85. The first-order valence-corrected chi connectivity index (χ1v) is 7.85. The normalized spacial score (nSPS) is 15.2. The molecule has 1 saturated carbocycles. The van der Waals surface area contributed by atoms with Gasteiger partial charge in [0.25, 0.3) is 0 Å². The van der Waals surface area contributed by atoms with Gasteiger partial charge in [-0.2, -0.15) is 0 Å². The molecule has 0 unspecified atom stereocenters. The first-order chi connectivity index (χ1) is 10.5. The van der Waals surface area contributed by atoms with Gasteiger partial charge in [0.15, 0.2) is 0 Å². The Balaban J connectivity index is 1.68. The highest BCUT2D eigenvalue weighted by Gasteiger charge is 2.45. The lowest BCUT2D eigenvalue weighted by Gasteiger charge is -2.18. The van der Waals surface area contributed by atoms with Gasteiger partial charge >= 0.3 is 6.03 Å². The maximum atomic E-state index is 12.2. The number of carbonyl (C=O) groups excluding carboxylic acids is 1. The van der Waals surface area contributed by atoms with Crippen LogP contribution in [-0.2, 0) is 5.54 Å². The van der Waals surface area contributed by atoms with Crippen LogP contribution in [0.1, 0.15) is 24.0 Å². The molecule has 2 aromatic rings. The minimum atomic E-state index is -0.275. The summed E-state index contributed by atoms with van der Waals surface area (Å²) in [6.45, 7) is 1.92. The minimum Gasteiger partial charge on any atom is -0.328 e. The van der Waals surface area contributed by atoms with Gasteiger partial charge in [-0.25, -0.2) is 4.79 Å². The number of urea groups is 1. The summed E-state index contributed by atoms with van der Waals surface area (Å²) in [6, 6.07) is 12.8. The molecular formula is C17H16Cl2N2O. The van der Waals surface area contributed by atoms with E-state index in [2.05, 4.69) is 10.6 Å². The number of nitrogens with one attached hydrogen (secondary N) is 2. The molecule has 0 aromatic heterocycles. The number of hydrogen-bond donors (Lipinski definition) is 2. The van der Waals surface area contributed by atoms with Crippen LogP contribution in [0, 0.1) is 6.92 Å². The monoisotopic (exact) mass is 334 g/mol. The number of amides is 2. The molecule has 1 aliphatic rings. The highest BCUT2D eigenvalue weighted by atomic mass is 35.5. The number of hydrogen-bond acceptors (Lipinski definition) is 1. The van der Waals surface area contributed by atoms with Crippen molar-refractivity contribution in [3.05, 3.63) is 63.6 Å². The van der Waals surface area contributed by atoms with Gasteiger partial charge in [0.1, 0.15) is 0 Å².